The van der Waals surface area contributed by atoms with Crippen LogP contribution < -0.4 is 11.1 Å². The van der Waals surface area contributed by atoms with Crippen LogP contribution in [0.2, 0.25) is 0 Å². The molecular weight excluding hydrogens is 204 g/mol. The highest BCUT2D eigenvalue weighted by atomic mass is 16.3. The molecule has 0 bridgehead atoms. The number of hydrogen-bond donors (Lipinski definition) is 2. The third-order valence-electron chi connectivity index (χ3n) is 3.17. The number of amides is 1. The van der Waals surface area contributed by atoms with E-state index in [1.165, 1.54) is 0 Å². The van der Waals surface area contributed by atoms with Gasteiger partial charge in [0.15, 0.2) is 0 Å². The molecule has 0 heterocycles. The van der Waals surface area contributed by atoms with Gasteiger partial charge in [0.1, 0.15) is 6.04 Å². The Balaban J connectivity index is 2.40. The fourth-order valence-electron chi connectivity index (χ4n) is 1.90. The fourth-order valence-corrected chi connectivity index (χ4v) is 1.90. The van der Waals surface area contributed by atoms with Crippen molar-refractivity contribution in [1.29, 1.82) is 0 Å². The van der Waals surface area contributed by atoms with E-state index in [4.69, 9.17) is 5.73 Å². The largest absolute Gasteiger partial charge is 0.393 e. The van der Waals surface area contributed by atoms with Crippen molar-refractivity contribution in [3.05, 3.63) is 0 Å². The number of aliphatic hydroxyl groups is 1. The Kier molecular flexibility index (Phi) is 4.33. The number of carbonyl (C=O) groups is 1. The van der Waals surface area contributed by atoms with Gasteiger partial charge in [-0.15, -0.1) is 0 Å². The van der Waals surface area contributed by atoms with Crippen LogP contribution in [0.4, 0.5) is 0 Å². The SMILES string of the molecule is CC(C)(C)C([NH])C(=O)NC1CCC(O)CC1. The van der Waals surface area contributed by atoms with Gasteiger partial charge < -0.3 is 10.4 Å². The molecule has 93 valence electrons. The molecule has 1 unspecified atom stereocenters. The first kappa shape index (κ1) is 13.5. The van der Waals surface area contributed by atoms with Crippen molar-refractivity contribution in [3.63, 3.8) is 0 Å². The van der Waals surface area contributed by atoms with Crippen LogP contribution in [0.3, 0.4) is 0 Å². The molecule has 1 rings (SSSR count). The fraction of sp³-hybridized carbons (Fsp3) is 0.917. The van der Waals surface area contributed by atoms with E-state index in [-0.39, 0.29) is 23.5 Å². The lowest BCUT2D eigenvalue weighted by Crippen LogP contribution is -2.48. The molecule has 4 heteroatoms. The van der Waals surface area contributed by atoms with Crippen LogP contribution in [0, 0.1) is 5.41 Å². The summed E-state index contributed by atoms with van der Waals surface area (Å²) >= 11 is 0. The monoisotopic (exact) mass is 227 g/mol. The van der Waals surface area contributed by atoms with Gasteiger partial charge in [0.05, 0.1) is 6.10 Å². The van der Waals surface area contributed by atoms with Gasteiger partial charge in [0.25, 0.3) is 0 Å². The topological polar surface area (TPSA) is 73.1 Å². The first-order chi connectivity index (χ1) is 7.30. The molecule has 4 nitrogen and oxygen atoms in total. The van der Waals surface area contributed by atoms with Gasteiger partial charge in [0, 0.05) is 6.04 Å². The van der Waals surface area contributed by atoms with E-state index in [1.54, 1.807) is 0 Å². The van der Waals surface area contributed by atoms with E-state index in [9.17, 15) is 9.90 Å². The van der Waals surface area contributed by atoms with Crippen LogP contribution in [-0.2, 0) is 4.79 Å². The Morgan fingerprint density at radius 1 is 1.31 bits per heavy atom. The summed E-state index contributed by atoms with van der Waals surface area (Å²) in [5, 5.41) is 12.3. The minimum Gasteiger partial charge on any atom is -0.393 e. The summed E-state index contributed by atoms with van der Waals surface area (Å²) in [5.74, 6) is -0.186. The van der Waals surface area contributed by atoms with Crippen molar-refractivity contribution >= 4 is 5.91 Å². The van der Waals surface area contributed by atoms with Crippen molar-refractivity contribution in [2.24, 2.45) is 5.41 Å². The predicted octanol–water partition coefficient (Wildman–Crippen LogP) is 1.10. The Morgan fingerprint density at radius 3 is 2.25 bits per heavy atom. The van der Waals surface area contributed by atoms with Crippen molar-refractivity contribution in [3.8, 4) is 0 Å². The second-order valence-electron chi connectivity index (χ2n) is 5.81. The molecule has 1 aliphatic rings. The van der Waals surface area contributed by atoms with Gasteiger partial charge in [-0.2, -0.15) is 0 Å². The molecule has 1 saturated carbocycles. The summed E-state index contributed by atoms with van der Waals surface area (Å²) in [4.78, 5) is 11.8. The molecule has 0 aromatic heterocycles. The second kappa shape index (κ2) is 5.15. The zero-order chi connectivity index (χ0) is 12.3. The van der Waals surface area contributed by atoms with Crippen LogP contribution in [0.15, 0.2) is 0 Å². The first-order valence-corrected chi connectivity index (χ1v) is 6.00. The summed E-state index contributed by atoms with van der Waals surface area (Å²) in [7, 11) is 0. The van der Waals surface area contributed by atoms with Crippen LogP contribution in [0.25, 0.3) is 0 Å². The Bertz CT molecular complexity index is 240. The highest BCUT2D eigenvalue weighted by Gasteiger charge is 2.30. The van der Waals surface area contributed by atoms with Crippen LogP contribution in [0.5, 0.6) is 0 Å². The minimum atomic E-state index is -0.723. The summed E-state index contributed by atoms with van der Waals surface area (Å²) < 4.78 is 0. The molecule has 0 aromatic carbocycles. The summed E-state index contributed by atoms with van der Waals surface area (Å²) in [6, 6.07) is -0.578. The molecule has 1 amide bonds. The quantitative estimate of drug-likeness (QED) is 0.741. The molecular formula is C12H23N2O2. The van der Waals surface area contributed by atoms with E-state index in [1.807, 2.05) is 20.8 Å². The summed E-state index contributed by atoms with van der Waals surface area (Å²) in [6.45, 7) is 5.69. The van der Waals surface area contributed by atoms with Gasteiger partial charge in [-0.3, -0.25) is 4.79 Å². The molecule has 1 atom stereocenters. The Hall–Kier alpha value is -0.610. The smallest absolute Gasteiger partial charge is 0.239 e. The Morgan fingerprint density at radius 2 is 1.81 bits per heavy atom. The lowest BCUT2D eigenvalue weighted by molar-refractivity contribution is -0.125. The standard InChI is InChI=1S/C12H23N2O2/c1-12(2,3)10(13)11(16)14-8-4-6-9(15)7-5-8/h8-10,13,15H,4-7H2,1-3H3,(H,14,16). The van der Waals surface area contributed by atoms with Crippen LogP contribution in [0.1, 0.15) is 46.5 Å². The average molecular weight is 227 g/mol. The maximum Gasteiger partial charge on any atom is 0.239 e. The number of aliphatic hydroxyl groups excluding tert-OH is 1. The molecule has 0 aliphatic heterocycles. The Labute approximate surface area is 97.6 Å². The van der Waals surface area contributed by atoms with Gasteiger partial charge in [-0.05, 0) is 31.1 Å². The average Bonchev–Trinajstić information content (AvgIpc) is 2.19. The minimum absolute atomic E-state index is 0.145. The predicted molar refractivity (Wildman–Crippen MR) is 62.7 cm³/mol. The highest BCUT2D eigenvalue weighted by Crippen LogP contribution is 2.21. The molecule has 1 fully saturated rings. The number of nitrogens with one attached hydrogen (secondary N) is 2. The lowest BCUT2D eigenvalue weighted by Gasteiger charge is -2.30. The molecule has 3 N–H and O–H groups in total. The molecule has 0 aromatic rings. The van der Waals surface area contributed by atoms with Gasteiger partial charge in [-0.1, -0.05) is 20.8 Å². The van der Waals surface area contributed by atoms with Gasteiger partial charge in [-0.25, -0.2) is 5.73 Å². The van der Waals surface area contributed by atoms with Crippen molar-refractivity contribution < 1.29 is 9.90 Å². The van der Waals surface area contributed by atoms with E-state index in [0.29, 0.717) is 0 Å². The molecule has 1 aliphatic carbocycles. The van der Waals surface area contributed by atoms with Crippen LogP contribution >= 0.6 is 0 Å². The number of rotatable bonds is 2. The third kappa shape index (κ3) is 3.76. The molecule has 0 spiro atoms. The van der Waals surface area contributed by atoms with E-state index in [2.05, 4.69) is 5.32 Å². The lowest BCUT2D eigenvalue weighted by atomic mass is 9.86. The van der Waals surface area contributed by atoms with Crippen LogP contribution in [-0.4, -0.2) is 29.2 Å². The number of hydrogen-bond acceptors (Lipinski definition) is 2. The third-order valence-corrected chi connectivity index (χ3v) is 3.17. The van der Waals surface area contributed by atoms with E-state index in [0.717, 1.165) is 25.7 Å². The van der Waals surface area contributed by atoms with Crippen molar-refractivity contribution in [2.45, 2.75) is 64.6 Å². The summed E-state index contributed by atoms with van der Waals surface area (Å²) in [6.07, 6.45) is 2.95. The summed E-state index contributed by atoms with van der Waals surface area (Å²) in [5.41, 5.74) is 7.51. The normalized spacial score (nSPS) is 28.6. The van der Waals surface area contributed by atoms with Crippen molar-refractivity contribution in [2.75, 3.05) is 0 Å². The molecule has 16 heavy (non-hydrogen) atoms. The van der Waals surface area contributed by atoms with Gasteiger partial charge >= 0.3 is 0 Å². The maximum atomic E-state index is 11.8. The molecule has 1 radical (unpaired) electrons. The zero-order valence-electron chi connectivity index (χ0n) is 10.4. The van der Waals surface area contributed by atoms with Crippen molar-refractivity contribution in [1.82, 2.24) is 11.1 Å². The number of carbonyl (C=O) groups excluding carboxylic acids is 1. The van der Waals surface area contributed by atoms with E-state index < -0.39 is 6.04 Å². The first-order valence-electron chi connectivity index (χ1n) is 6.00. The maximum absolute atomic E-state index is 11.8. The van der Waals surface area contributed by atoms with Gasteiger partial charge in [0.2, 0.25) is 5.91 Å². The molecule has 0 saturated heterocycles. The second-order valence-corrected chi connectivity index (χ2v) is 5.81. The highest BCUT2D eigenvalue weighted by molar-refractivity contribution is 5.82. The zero-order valence-corrected chi connectivity index (χ0v) is 10.4. The van der Waals surface area contributed by atoms with E-state index >= 15 is 0 Å².